The number of carbonyl (C=O) groups is 1. The van der Waals surface area contributed by atoms with E-state index >= 15 is 0 Å². The maximum absolute atomic E-state index is 12.6. The maximum Gasteiger partial charge on any atom is 0.241 e. The van der Waals surface area contributed by atoms with E-state index in [9.17, 15) is 4.79 Å². The Morgan fingerprint density at radius 2 is 2.00 bits per heavy atom. The van der Waals surface area contributed by atoms with Crippen LogP contribution in [-0.4, -0.2) is 54.0 Å². The van der Waals surface area contributed by atoms with E-state index in [2.05, 4.69) is 41.1 Å². The molecule has 2 atom stereocenters. The van der Waals surface area contributed by atoms with E-state index in [4.69, 9.17) is 0 Å². The fourth-order valence-corrected chi connectivity index (χ4v) is 3.94. The van der Waals surface area contributed by atoms with E-state index in [0.717, 1.165) is 44.7 Å². The Kier molecular flexibility index (Phi) is 4.79. The van der Waals surface area contributed by atoms with Crippen molar-refractivity contribution in [1.82, 2.24) is 9.80 Å². The molecule has 2 heterocycles. The van der Waals surface area contributed by atoms with Gasteiger partial charge in [-0.25, -0.2) is 0 Å². The van der Waals surface area contributed by atoms with Gasteiger partial charge in [0.2, 0.25) is 5.91 Å². The smallest absolute Gasteiger partial charge is 0.241 e. The van der Waals surface area contributed by atoms with Crippen LogP contribution in [-0.2, 0) is 11.2 Å². The van der Waals surface area contributed by atoms with Crippen LogP contribution in [0, 0.1) is 0 Å². The highest BCUT2D eigenvalue weighted by Gasteiger charge is 2.35. The highest BCUT2D eigenvalue weighted by atomic mass is 16.2. The summed E-state index contributed by atoms with van der Waals surface area (Å²) in [5.41, 5.74) is 2.26. The molecule has 0 saturated carbocycles. The Hall–Kier alpha value is -1.39. The summed E-state index contributed by atoms with van der Waals surface area (Å²) >= 11 is 0. The number of nitrogens with one attached hydrogen (secondary N) is 1. The second-order valence-electron chi connectivity index (χ2n) is 6.36. The molecule has 1 aromatic carbocycles. The van der Waals surface area contributed by atoms with E-state index in [1.807, 2.05) is 12.1 Å². The van der Waals surface area contributed by atoms with Crippen LogP contribution in [0.5, 0.6) is 0 Å². The van der Waals surface area contributed by atoms with Crippen LogP contribution >= 0.6 is 0 Å². The summed E-state index contributed by atoms with van der Waals surface area (Å²) in [5, 5.41) is 3.13. The summed E-state index contributed by atoms with van der Waals surface area (Å²) in [5.74, 6) is 0.171. The van der Waals surface area contributed by atoms with E-state index in [-0.39, 0.29) is 11.9 Å². The number of benzene rings is 1. The monoisotopic (exact) mass is 301 g/mol. The molecule has 0 aliphatic carbocycles. The summed E-state index contributed by atoms with van der Waals surface area (Å²) in [6.07, 6.45) is 3.08. The Bertz CT molecular complexity index is 527. The van der Waals surface area contributed by atoms with Gasteiger partial charge >= 0.3 is 0 Å². The molecule has 1 fully saturated rings. The van der Waals surface area contributed by atoms with Crippen LogP contribution in [0.2, 0.25) is 0 Å². The zero-order chi connectivity index (χ0) is 15.5. The summed E-state index contributed by atoms with van der Waals surface area (Å²) in [6, 6.07) is 8.81. The van der Waals surface area contributed by atoms with E-state index < -0.39 is 0 Å². The first-order chi connectivity index (χ1) is 10.7. The van der Waals surface area contributed by atoms with E-state index in [1.165, 1.54) is 12.0 Å². The number of amides is 1. The summed E-state index contributed by atoms with van der Waals surface area (Å²) in [6.45, 7) is 8.70. The molecule has 1 saturated heterocycles. The van der Waals surface area contributed by atoms with Crippen molar-refractivity contribution in [2.24, 2.45) is 0 Å². The number of carbonyl (C=O) groups excluding carboxylic acids is 1. The normalized spacial score (nSPS) is 25.9. The van der Waals surface area contributed by atoms with Crippen molar-refractivity contribution in [2.45, 2.75) is 45.2 Å². The number of likely N-dealkylation sites (tertiary alicyclic amines) is 1. The number of likely N-dealkylation sites (N-methyl/N-ethyl adjacent to an activating group) is 1. The lowest BCUT2D eigenvalue weighted by Gasteiger charge is -2.28. The largest absolute Gasteiger partial charge is 0.324 e. The third kappa shape index (κ3) is 3.03. The topological polar surface area (TPSA) is 35.6 Å². The summed E-state index contributed by atoms with van der Waals surface area (Å²) < 4.78 is 0. The van der Waals surface area contributed by atoms with Crippen molar-refractivity contribution < 1.29 is 4.79 Å². The van der Waals surface area contributed by atoms with Crippen molar-refractivity contribution in [1.29, 1.82) is 0 Å². The maximum atomic E-state index is 12.6. The van der Waals surface area contributed by atoms with Gasteiger partial charge in [-0.2, -0.15) is 0 Å². The standard InChI is InChI=1S/C18H27N3O/c1-3-20(4-2)15-11-12-21(13-15)17-10-9-14-7-5-6-8-16(14)19-18(17)22/h5-8,15,17H,3-4,9-13H2,1-2H3,(H,19,22). The molecular formula is C18H27N3O. The van der Waals surface area contributed by atoms with E-state index in [0.29, 0.717) is 6.04 Å². The Morgan fingerprint density at radius 3 is 2.77 bits per heavy atom. The molecule has 4 nitrogen and oxygen atoms in total. The van der Waals surface area contributed by atoms with Crippen LogP contribution in [0.4, 0.5) is 5.69 Å². The van der Waals surface area contributed by atoms with Crippen LogP contribution in [0.1, 0.15) is 32.3 Å². The molecule has 120 valence electrons. The number of nitrogens with zero attached hydrogens (tertiary/aromatic N) is 2. The average molecular weight is 301 g/mol. The summed E-state index contributed by atoms with van der Waals surface area (Å²) in [4.78, 5) is 17.5. The number of para-hydroxylation sites is 1. The van der Waals surface area contributed by atoms with Gasteiger partial charge < -0.3 is 5.32 Å². The third-order valence-electron chi connectivity index (χ3n) is 5.23. The molecular weight excluding hydrogens is 274 g/mol. The molecule has 0 bridgehead atoms. The molecule has 2 aliphatic heterocycles. The van der Waals surface area contributed by atoms with Crippen molar-refractivity contribution in [2.75, 3.05) is 31.5 Å². The molecule has 0 spiro atoms. The Balaban J connectivity index is 1.68. The molecule has 1 N–H and O–H groups in total. The highest BCUT2D eigenvalue weighted by molar-refractivity contribution is 5.96. The van der Waals surface area contributed by atoms with Gasteiger partial charge in [-0.05, 0) is 44.0 Å². The minimum atomic E-state index is 0.0213. The zero-order valence-electron chi connectivity index (χ0n) is 13.7. The zero-order valence-corrected chi connectivity index (χ0v) is 13.7. The van der Waals surface area contributed by atoms with Crippen LogP contribution in [0.15, 0.2) is 24.3 Å². The van der Waals surface area contributed by atoms with Crippen LogP contribution in [0.25, 0.3) is 0 Å². The molecule has 0 radical (unpaired) electrons. The molecule has 22 heavy (non-hydrogen) atoms. The number of rotatable bonds is 4. The van der Waals surface area contributed by atoms with Crippen molar-refractivity contribution in [3.63, 3.8) is 0 Å². The van der Waals surface area contributed by atoms with Gasteiger partial charge in [-0.1, -0.05) is 32.0 Å². The molecule has 0 aromatic heterocycles. The van der Waals surface area contributed by atoms with Gasteiger partial charge in [0.15, 0.2) is 0 Å². The second kappa shape index (κ2) is 6.80. The number of anilines is 1. The molecule has 2 aliphatic rings. The predicted molar refractivity (Wildman–Crippen MR) is 90.1 cm³/mol. The fraction of sp³-hybridized carbons (Fsp3) is 0.611. The number of aryl methyl sites for hydroxylation is 1. The van der Waals surface area contributed by atoms with Gasteiger partial charge in [-0.3, -0.25) is 14.6 Å². The third-order valence-corrected chi connectivity index (χ3v) is 5.23. The first-order valence-electron chi connectivity index (χ1n) is 8.59. The fourth-order valence-electron chi connectivity index (χ4n) is 3.94. The molecule has 1 amide bonds. The average Bonchev–Trinajstić information content (AvgIpc) is 2.93. The van der Waals surface area contributed by atoms with Gasteiger partial charge in [0.25, 0.3) is 0 Å². The van der Waals surface area contributed by atoms with Gasteiger partial charge in [0.05, 0.1) is 6.04 Å². The molecule has 4 heteroatoms. The number of hydrogen-bond acceptors (Lipinski definition) is 3. The lowest BCUT2D eigenvalue weighted by atomic mass is 10.1. The quantitative estimate of drug-likeness (QED) is 0.927. The van der Waals surface area contributed by atoms with E-state index in [1.54, 1.807) is 0 Å². The Labute approximate surface area is 133 Å². The second-order valence-corrected chi connectivity index (χ2v) is 6.36. The highest BCUT2D eigenvalue weighted by Crippen LogP contribution is 2.26. The molecule has 2 unspecified atom stereocenters. The van der Waals surface area contributed by atoms with Crippen molar-refractivity contribution >= 4 is 11.6 Å². The summed E-state index contributed by atoms with van der Waals surface area (Å²) in [7, 11) is 0. The lowest BCUT2D eigenvalue weighted by molar-refractivity contribution is -0.121. The number of hydrogen-bond donors (Lipinski definition) is 1. The van der Waals surface area contributed by atoms with Crippen molar-refractivity contribution in [3.05, 3.63) is 29.8 Å². The van der Waals surface area contributed by atoms with Crippen LogP contribution in [0.3, 0.4) is 0 Å². The first kappa shape index (κ1) is 15.5. The SMILES string of the molecule is CCN(CC)C1CCN(C2CCc3ccccc3NC2=O)C1. The predicted octanol–water partition coefficient (Wildman–Crippen LogP) is 2.36. The van der Waals surface area contributed by atoms with Crippen LogP contribution < -0.4 is 5.32 Å². The first-order valence-corrected chi connectivity index (χ1v) is 8.59. The number of fused-ring (bicyclic) bond motifs is 1. The van der Waals surface area contributed by atoms with Crippen molar-refractivity contribution in [3.8, 4) is 0 Å². The lowest BCUT2D eigenvalue weighted by Crippen LogP contribution is -2.44. The minimum absolute atomic E-state index is 0.0213. The minimum Gasteiger partial charge on any atom is -0.324 e. The van der Waals surface area contributed by atoms with Gasteiger partial charge in [0.1, 0.15) is 0 Å². The van der Waals surface area contributed by atoms with Gasteiger partial charge in [-0.15, -0.1) is 0 Å². The molecule has 1 aromatic rings. The van der Waals surface area contributed by atoms with Gasteiger partial charge in [0, 0.05) is 24.8 Å². The molecule has 3 rings (SSSR count). The Morgan fingerprint density at radius 1 is 1.23 bits per heavy atom.